The molecule has 0 bridgehead atoms. The lowest BCUT2D eigenvalue weighted by atomic mass is 9.98. The van der Waals surface area contributed by atoms with E-state index < -0.39 is 12.2 Å². The van der Waals surface area contributed by atoms with Crippen molar-refractivity contribution in [2.45, 2.75) is 6.29 Å². The highest BCUT2D eigenvalue weighted by Crippen LogP contribution is 2.14. The Bertz CT molecular complexity index is 379. The molecule has 1 aromatic carbocycles. The number of nitriles is 1. The molecular formula is C12H13NO3. The molecule has 0 aromatic heterocycles. The van der Waals surface area contributed by atoms with Crippen molar-refractivity contribution in [2.24, 2.45) is 5.92 Å². The maximum absolute atomic E-state index is 12.0. The molecule has 0 aliphatic rings. The highest BCUT2D eigenvalue weighted by atomic mass is 16.7. The molecule has 0 N–H and O–H groups in total. The van der Waals surface area contributed by atoms with Crippen LogP contribution < -0.4 is 0 Å². The first-order valence-electron chi connectivity index (χ1n) is 4.79. The average Bonchev–Trinajstić information content (AvgIpc) is 2.36. The maximum atomic E-state index is 12.0. The second-order valence-electron chi connectivity index (χ2n) is 3.18. The standard InChI is InChI=1S/C12H13NO3/c1-15-12(16-2)10(8-13)11(14)9-6-4-3-5-7-9/h3-7,10,12H,1-2H3. The van der Waals surface area contributed by atoms with Gasteiger partial charge in [-0.15, -0.1) is 0 Å². The topological polar surface area (TPSA) is 59.3 Å². The van der Waals surface area contributed by atoms with Crippen molar-refractivity contribution in [2.75, 3.05) is 14.2 Å². The summed E-state index contributed by atoms with van der Waals surface area (Å²) in [6, 6.07) is 10.5. The maximum Gasteiger partial charge on any atom is 0.185 e. The summed E-state index contributed by atoms with van der Waals surface area (Å²) >= 11 is 0. The van der Waals surface area contributed by atoms with Crippen LogP contribution in [0.15, 0.2) is 30.3 Å². The summed E-state index contributed by atoms with van der Waals surface area (Å²) in [7, 11) is 2.80. The molecule has 0 saturated carbocycles. The van der Waals surface area contributed by atoms with Gasteiger partial charge in [0.25, 0.3) is 0 Å². The molecule has 1 rings (SSSR count). The third-order valence-electron chi connectivity index (χ3n) is 2.22. The van der Waals surface area contributed by atoms with Crippen LogP contribution in [0.4, 0.5) is 0 Å². The van der Waals surface area contributed by atoms with E-state index in [9.17, 15) is 4.79 Å². The van der Waals surface area contributed by atoms with E-state index >= 15 is 0 Å². The highest BCUT2D eigenvalue weighted by Gasteiger charge is 2.29. The number of nitrogens with zero attached hydrogens (tertiary/aromatic N) is 1. The van der Waals surface area contributed by atoms with Gasteiger partial charge >= 0.3 is 0 Å². The number of hydrogen-bond acceptors (Lipinski definition) is 4. The summed E-state index contributed by atoms with van der Waals surface area (Å²) in [5.74, 6) is -1.24. The predicted octanol–water partition coefficient (Wildman–Crippen LogP) is 1.63. The minimum absolute atomic E-state index is 0.295. The van der Waals surface area contributed by atoms with E-state index in [4.69, 9.17) is 14.7 Å². The average molecular weight is 219 g/mol. The smallest absolute Gasteiger partial charge is 0.185 e. The third-order valence-corrected chi connectivity index (χ3v) is 2.22. The minimum Gasteiger partial charge on any atom is -0.354 e. The molecule has 1 aromatic rings. The summed E-state index contributed by atoms with van der Waals surface area (Å²) < 4.78 is 9.86. The zero-order valence-corrected chi connectivity index (χ0v) is 9.21. The SMILES string of the molecule is COC(OC)C(C#N)C(=O)c1ccccc1. The van der Waals surface area contributed by atoms with Crippen molar-refractivity contribution < 1.29 is 14.3 Å². The highest BCUT2D eigenvalue weighted by molar-refractivity contribution is 5.99. The Morgan fingerprint density at radius 2 is 1.81 bits per heavy atom. The molecule has 0 amide bonds. The van der Waals surface area contributed by atoms with Crippen molar-refractivity contribution in [3.63, 3.8) is 0 Å². The van der Waals surface area contributed by atoms with Gasteiger partial charge in [0.15, 0.2) is 18.0 Å². The van der Waals surface area contributed by atoms with Crippen LogP contribution in [0.25, 0.3) is 0 Å². The Hall–Kier alpha value is -1.70. The number of ether oxygens (including phenoxy) is 2. The Kier molecular flexibility index (Phi) is 4.65. The van der Waals surface area contributed by atoms with Crippen LogP contribution in [0.3, 0.4) is 0 Å². The monoisotopic (exact) mass is 219 g/mol. The zero-order chi connectivity index (χ0) is 12.0. The summed E-state index contributed by atoms with van der Waals surface area (Å²) in [6.45, 7) is 0. The second kappa shape index (κ2) is 6.01. The molecule has 4 nitrogen and oxygen atoms in total. The normalized spacial score (nSPS) is 12.1. The number of carbonyl (C=O) groups is 1. The third kappa shape index (κ3) is 2.66. The van der Waals surface area contributed by atoms with Crippen LogP contribution in [0, 0.1) is 17.2 Å². The Morgan fingerprint density at radius 3 is 2.25 bits per heavy atom. The Balaban J connectivity index is 2.91. The van der Waals surface area contributed by atoms with Crippen molar-refractivity contribution >= 4 is 5.78 Å². The molecule has 0 radical (unpaired) electrons. The first-order chi connectivity index (χ1) is 7.74. The van der Waals surface area contributed by atoms with Crippen molar-refractivity contribution in [1.82, 2.24) is 0 Å². The lowest BCUT2D eigenvalue weighted by Crippen LogP contribution is -2.30. The molecule has 0 fully saturated rings. The van der Waals surface area contributed by atoms with E-state index in [0.717, 1.165) is 0 Å². The predicted molar refractivity (Wildman–Crippen MR) is 57.7 cm³/mol. The molecule has 0 saturated heterocycles. The van der Waals surface area contributed by atoms with E-state index in [-0.39, 0.29) is 5.78 Å². The lowest BCUT2D eigenvalue weighted by Gasteiger charge is -2.17. The lowest BCUT2D eigenvalue weighted by molar-refractivity contribution is -0.115. The number of methoxy groups -OCH3 is 2. The fourth-order valence-corrected chi connectivity index (χ4v) is 1.39. The summed E-state index contributed by atoms with van der Waals surface area (Å²) in [5, 5.41) is 8.96. The van der Waals surface area contributed by atoms with Crippen molar-refractivity contribution in [1.29, 1.82) is 5.26 Å². The summed E-state index contributed by atoms with van der Waals surface area (Å²) in [5.41, 5.74) is 0.480. The van der Waals surface area contributed by atoms with Gasteiger partial charge < -0.3 is 9.47 Å². The zero-order valence-electron chi connectivity index (χ0n) is 9.21. The number of ketones is 1. The van der Waals surface area contributed by atoms with Gasteiger partial charge in [0.1, 0.15) is 0 Å². The van der Waals surface area contributed by atoms with Crippen LogP contribution >= 0.6 is 0 Å². The molecule has 0 aliphatic heterocycles. The van der Waals surface area contributed by atoms with E-state index in [1.807, 2.05) is 12.1 Å². The molecular weight excluding hydrogens is 206 g/mol. The van der Waals surface area contributed by atoms with E-state index in [2.05, 4.69) is 0 Å². The first-order valence-corrected chi connectivity index (χ1v) is 4.79. The minimum atomic E-state index is -0.947. The van der Waals surface area contributed by atoms with Crippen LogP contribution in [0.1, 0.15) is 10.4 Å². The number of Topliss-reactive ketones (excluding diaryl/α,β-unsaturated/α-hetero) is 1. The second-order valence-corrected chi connectivity index (χ2v) is 3.18. The van der Waals surface area contributed by atoms with Gasteiger partial charge in [0.2, 0.25) is 0 Å². The molecule has 1 unspecified atom stereocenters. The van der Waals surface area contributed by atoms with Gasteiger partial charge in [-0.05, 0) is 0 Å². The van der Waals surface area contributed by atoms with Crippen LogP contribution in [0.5, 0.6) is 0 Å². The molecule has 4 heteroatoms. The number of carbonyl (C=O) groups excluding carboxylic acids is 1. The van der Waals surface area contributed by atoms with Gasteiger partial charge in [0, 0.05) is 19.8 Å². The summed E-state index contributed by atoms with van der Waals surface area (Å²) in [6.07, 6.45) is -0.835. The van der Waals surface area contributed by atoms with Crippen molar-refractivity contribution in [3.8, 4) is 6.07 Å². The largest absolute Gasteiger partial charge is 0.354 e. The molecule has 0 spiro atoms. The fraction of sp³-hybridized carbons (Fsp3) is 0.333. The van der Waals surface area contributed by atoms with E-state index in [1.54, 1.807) is 24.3 Å². The Labute approximate surface area is 94.4 Å². The first kappa shape index (κ1) is 12.4. The van der Waals surface area contributed by atoms with Gasteiger partial charge in [-0.3, -0.25) is 4.79 Å². The van der Waals surface area contributed by atoms with Crippen LogP contribution in [-0.2, 0) is 9.47 Å². The van der Waals surface area contributed by atoms with E-state index in [1.165, 1.54) is 14.2 Å². The van der Waals surface area contributed by atoms with Crippen LogP contribution in [0.2, 0.25) is 0 Å². The number of hydrogen-bond donors (Lipinski definition) is 0. The van der Waals surface area contributed by atoms with Crippen LogP contribution in [-0.4, -0.2) is 26.3 Å². The van der Waals surface area contributed by atoms with Gasteiger partial charge in [0.05, 0.1) is 6.07 Å². The Morgan fingerprint density at radius 1 is 1.25 bits per heavy atom. The molecule has 84 valence electrons. The van der Waals surface area contributed by atoms with Crippen molar-refractivity contribution in [3.05, 3.63) is 35.9 Å². The number of rotatable bonds is 5. The van der Waals surface area contributed by atoms with Gasteiger partial charge in [-0.1, -0.05) is 30.3 Å². The molecule has 1 atom stereocenters. The quantitative estimate of drug-likeness (QED) is 0.557. The summed E-state index contributed by atoms with van der Waals surface area (Å²) in [4.78, 5) is 12.0. The number of benzene rings is 1. The fourth-order valence-electron chi connectivity index (χ4n) is 1.39. The van der Waals surface area contributed by atoms with E-state index in [0.29, 0.717) is 5.56 Å². The molecule has 0 aliphatic carbocycles. The molecule has 16 heavy (non-hydrogen) atoms. The van der Waals surface area contributed by atoms with Gasteiger partial charge in [-0.2, -0.15) is 5.26 Å². The molecule has 0 heterocycles. The van der Waals surface area contributed by atoms with Gasteiger partial charge in [-0.25, -0.2) is 0 Å².